The fraction of sp³-hybridized carbons (Fsp3) is 0.333. The lowest BCUT2D eigenvalue weighted by Gasteiger charge is -2.15. The molecule has 0 fully saturated rings. The van der Waals surface area contributed by atoms with Gasteiger partial charge in [0.2, 0.25) is 0 Å². The van der Waals surface area contributed by atoms with Gasteiger partial charge in [-0.2, -0.15) is 5.10 Å². The van der Waals surface area contributed by atoms with Gasteiger partial charge in [0.15, 0.2) is 0 Å². The molecule has 0 radical (unpaired) electrons. The van der Waals surface area contributed by atoms with E-state index in [1.165, 1.54) is 6.33 Å². The van der Waals surface area contributed by atoms with Crippen molar-refractivity contribution in [2.75, 3.05) is 13.7 Å². The van der Waals surface area contributed by atoms with Crippen LogP contribution in [0, 0.1) is 0 Å². The highest BCUT2D eigenvalue weighted by Gasteiger charge is 2.17. The number of benzene rings is 1. The average Bonchev–Trinajstić information content (AvgIpc) is 2.77. The lowest BCUT2D eigenvalue weighted by molar-refractivity contribution is 0.414. The number of aromatic nitrogens is 3. The second-order valence-corrected chi connectivity index (χ2v) is 3.81. The summed E-state index contributed by atoms with van der Waals surface area (Å²) in [5, 5.41) is 4.07. The zero-order valence-electron chi connectivity index (χ0n) is 10.00. The van der Waals surface area contributed by atoms with E-state index in [0.717, 1.165) is 17.1 Å². The first-order valence-electron chi connectivity index (χ1n) is 5.44. The van der Waals surface area contributed by atoms with Crippen molar-refractivity contribution in [2.45, 2.75) is 5.92 Å². The smallest absolute Gasteiger partial charge is 0.138 e. The van der Waals surface area contributed by atoms with Gasteiger partial charge < -0.3 is 10.5 Å². The van der Waals surface area contributed by atoms with Crippen LogP contribution in [0.2, 0.25) is 0 Å². The van der Waals surface area contributed by atoms with E-state index in [0.29, 0.717) is 6.54 Å². The Labute approximate surface area is 100 Å². The van der Waals surface area contributed by atoms with Crippen LogP contribution in [0.4, 0.5) is 0 Å². The van der Waals surface area contributed by atoms with Gasteiger partial charge in [-0.25, -0.2) is 4.98 Å². The molecule has 1 unspecified atom stereocenters. The first-order valence-corrected chi connectivity index (χ1v) is 5.44. The third-order valence-corrected chi connectivity index (χ3v) is 2.79. The number of nitrogens with zero attached hydrogens (tertiary/aromatic N) is 3. The van der Waals surface area contributed by atoms with Crippen molar-refractivity contribution in [2.24, 2.45) is 12.8 Å². The minimum Gasteiger partial charge on any atom is -0.497 e. The van der Waals surface area contributed by atoms with E-state index in [-0.39, 0.29) is 5.92 Å². The maximum absolute atomic E-state index is 5.83. The zero-order valence-corrected chi connectivity index (χ0v) is 10.00. The van der Waals surface area contributed by atoms with E-state index in [9.17, 15) is 0 Å². The molecule has 0 aliphatic carbocycles. The summed E-state index contributed by atoms with van der Waals surface area (Å²) in [5.41, 5.74) is 6.92. The van der Waals surface area contributed by atoms with Gasteiger partial charge in [-0.3, -0.25) is 4.68 Å². The number of hydrogen-bond acceptors (Lipinski definition) is 4. The molecule has 90 valence electrons. The van der Waals surface area contributed by atoms with Crippen molar-refractivity contribution in [3.05, 3.63) is 42.0 Å². The highest BCUT2D eigenvalue weighted by atomic mass is 16.5. The van der Waals surface area contributed by atoms with Crippen molar-refractivity contribution in [1.82, 2.24) is 14.8 Å². The first kappa shape index (κ1) is 11.6. The molecule has 17 heavy (non-hydrogen) atoms. The predicted octanol–water partition coefficient (Wildman–Crippen LogP) is 0.914. The molecule has 0 saturated carbocycles. The number of rotatable bonds is 4. The summed E-state index contributed by atoms with van der Waals surface area (Å²) in [7, 11) is 3.52. The van der Waals surface area contributed by atoms with Gasteiger partial charge in [0.05, 0.1) is 13.0 Å². The van der Waals surface area contributed by atoms with E-state index in [2.05, 4.69) is 10.1 Å². The zero-order chi connectivity index (χ0) is 12.3. The van der Waals surface area contributed by atoms with Gasteiger partial charge in [-0.15, -0.1) is 0 Å². The number of hydrogen-bond donors (Lipinski definition) is 1. The van der Waals surface area contributed by atoms with Crippen molar-refractivity contribution in [3.63, 3.8) is 0 Å². The Bertz CT molecular complexity index is 495. The SMILES string of the molecule is COc1cccc(C(CN)c2ncnn2C)c1. The predicted molar refractivity (Wildman–Crippen MR) is 64.9 cm³/mol. The van der Waals surface area contributed by atoms with Crippen LogP contribution in [0.5, 0.6) is 5.75 Å². The molecule has 2 aromatic rings. The molecule has 1 atom stereocenters. The summed E-state index contributed by atoms with van der Waals surface area (Å²) in [6, 6.07) is 7.86. The van der Waals surface area contributed by atoms with E-state index < -0.39 is 0 Å². The normalized spacial score (nSPS) is 12.4. The lowest BCUT2D eigenvalue weighted by atomic mass is 9.98. The minimum atomic E-state index is 0.0394. The van der Waals surface area contributed by atoms with Gasteiger partial charge in [0.25, 0.3) is 0 Å². The van der Waals surface area contributed by atoms with E-state index in [1.807, 2.05) is 31.3 Å². The van der Waals surface area contributed by atoms with Gasteiger partial charge >= 0.3 is 0 Å². The maximum atomic E-state index is 5.83. The quantitative estimate of drug-likeness (QED) is 0.851. The Balaban J connectivity index is 2.38. The van der Waals surface area contributed by atoms with Crippen LogP contribution in [0.3, 0.4) is 0 Å². The molecule has 2 rings (SSSR count). The van der Waals surface area contributed by atoms with Crippen molar-refractivity contribution >= 4 is 0 Å². The van der Waals surface area contributed by atoms with Gasteiger partial charge in [0, 0.05) is 13.6 Å². The van der Waals surface area contributed by atoms with E-state index in [4.69, 9.17) is 10.5 Å². The third-order valence-electron chi connectivity index (χ3n) is 2.79. The maximum Gasteiger partial charge on any atom is 0.138 e. The second kappa shape index (κ2) is 4.97. The molecule has 0 aliphatic rings. The molecule has 0 saturated heterocycles. The largest absolute Gasteiger partial charge is 0.497 e. The molecule has 0 bridgehead atoms. The molecule has 1 aromatic heterocycles. The molecule has 0 amide bonds. The molecule has 2 N–H and O–H groups in total. The number of nitrogens with two attached hydrogens (primary N) is 1. The fourth-order valence-corrected chi connectivity index (χ4v) is 1.87. The van der Waals surface area contributed by atoms with Crippen LogP contribution >= 0.6 is 0 Å². The van der Waals surface area contributed by atoms with Crippen LogP contribution in [0.1, 0.15) is 17.3 Å². The minimum absolute atomic E-state index is 0.0394. The molecule has 1 aromatic carbocycles. The molecule has 5 nitrogen and oxygen atoms in total. The Morgan fingerprint density at radius 2 is 2.29 bits per heavy atom. The summed E-state index contributed by atoms with van der Waals surface area (Å²) < 4.78 is 6.96. The van der Waals surface area contributed by atoms with Crippen LogP contribution in [-0.4, -0.2) is 28.4 Å². The van der Waals surface area contributed by atoms with Crippen molar-refractivity contribution in [1.29, 1.82) is 0 Å². The van der Waals surface area contributed by atoms with E-state index >= 15 is 0 Å². The van der Waals surface area contributed by atoms with Crippen molar-refractivity contribution < 1.29 is 4.74 Å². The number of ether oxygens (including phenoxy) is 1. The Hall–Kier alpha value is -1.88. The second-order valence-electron chi connectivity index (χ2n) is 3.81. The van der Waals surface area contributed by atoms with Gasteiger partial charge in [0.1, 0.15) is 17.9 Å². The Morgan fingerprint density at radius 3 is 2.88 bits per heavy atom. The summed E-state index contributed by atoms with van der Waals surface area (Å²) in [6.45, 7) is 0.486. The Morgan fingerprint density at radius 1 is 1.47 bits per heavy atom. The van der Waals surface area contributed by atoms with Crippen LogP contribution in [-0.2, 0) is 7.05 Å². The average molecular weight is 232 g/mol. The van der Waals surface area contributed by atoms with Crippen LogP contribution in [0.25, 0.3) is 0 Å². The molecule has 1 heterocycles. The summed E-state index contributed by atoms with van der Waals surface area (Å²) in [5.74, 6) is 1.72. The summed E-state index contributed by atoms with van der Waals surface area (Å²) in [4.78, 5) is 4.25. The molecule has 0 spiro atoms. The molecule has 5 heteroatoms. The number of methoxy groups -OCH3 is 1. The van der Waals surface area contributed by atoms with Gasteiger partial charge in [-0.1, -0.05) is 12.1 Å². The third kappa shape index (κ3) is 2.29. The Kier molecular flexibility index (Phi) is 3.39. The summed E-state index contributed by atoms with van der Waals surface area (Å²) >= 11 is 0. The topological polar surface area (TPSA) is 66.0 Å². The summed E-state index contributed by atoms with van der Waals surface area (Å²) in [6.07, 6.45) is 1.54. The monoisotopic (exact) mass is 232 g/mol. The number of aryl methyl sites for hydroxylation is 1. The first-order chi connectivity index (χ1) is 8.26. The lowest BCUT2D eigenvalue weighted by Crippen LogP contribution is -2.18. The molecular formula is C12H16N4O. The standard InChI is InChI=1S/C12H16N4O/c1-16-12(14-8-15-16)11(7-13)9-4-3-5-10(6-9)17-2/h3-6,8,11H,7,13H2,1-2H3. The molecule has 0 aliphatic heterocycles. The molecular weight excluding hydrogens is 216 g/mol. The van der Waals surface area contributed by atoms with E-state index in [1.54, 1.807) is 11.8 Å². The van der Waals surface area contributed by atoms with Crippen molar-refractivity contribution in [3.8, 4) is 5.75 Å². The van der Waals surface area contributed by atoms with Crippen LogP contribution < -0.4 is 10.5 Å². The highest BCUT2D eigenvalue weighted by molar-refractivity contribution is 5.34. The highest BCUT2D eigenvalue weighted by Crippen LogP contribution is 2.24. The van der Waals surface area contributed by atoms with Crippen LogP contribution in [0.15, 0.2) is 30.6 Å². The van der Waals surface area contributed by atoms with Gasteiger partial charge in [-0.05, 0) is 17.7 Å². The fourth-order valence-electron chi connectivity index (χ4n) is 1.87.